The Morgan fingerprint density at radius 2 is 2.00 bits per heavy atom. The third-order valence-corrected chi connectivity index (χ3v) is 1.55. The lowest BCUT2D eigenvalue weighted by molar-refractivity contribution is 0.621. The smallest absolute Gasteiger partial charge is 0.137 e. The zero-order valence-corrected chi connectivity index (χ0v) is 7.38. The van der Waals surface area contributed by atoms with Crippen molar-refractivity contribution in [2.45, 2.75) is 0 Å². The highest BCUT2D eigenvalue weighted by Crippen LogP contribution is 2.17. The first kappa shape index (κ1) is 9.72. The summed E-state index contributed by atoms with van der Waals surface area (Å²) in [6.45, 7) is 0. The molecule has 0 aliphatic rings. The normalized spacial score (nSPS) is 8.60. The zero-order valence-electron chi connectivity index (χ0n) is 4.97. The molecule has 1 nitrogen and oxygen atoms in total. The minimum absolute atomic E-state index is 0. The Morgan fingerprint density at radius 3 is 2.40 bits per heavy atom. The summed E-state index contributed by atoms with van der Waals surface area (Å²) >= 11 is 2.99. The van der Waals surface area contributed by atoms with Gasteiger partial charge in [0, 0.05) is 5.69 Å². The van der Waals surface area contributed by atoms with E-state index >= 15 is 0 Å². The van der Waals surface area contributed by atoms with Crippen LogP contribution in [-0.4, -0.2) is 0 Å². The van der Waals surface area contributed by atoms with Crippen molar-refractivity contribution in [1.82, 2.24) is 0 Å². The van der Waals surface area contributed by atoms with Crippen LogP contribution in [0.25, 0.3) is 0 Å². The van der Waals surface area contributed by atoms with E-state index in [9.17, 15) is 4.39 Å². The fourth-order valence-electron chi connectivity index (χ4n) is 0.512. The van der Waals surface area contributed by atoms with Gasteiger partial charge in [0.1, 0.15) is 5.82 Å². The molecule has 0 unspecified atom stereocenters. The minimum atomic E-state index is -0.288. The van der Waals surface area contributed by atoms with Gasteiger partial charge < -0.3 is 5.73 Å². The average Bonchev–Trinajstić information content (AvgIpc) is 1.80. The number of nitrogens with two attached hydrogens (primary N) is 1. The molecule has 0 bridgehead atoms. The van der Waals surface area contributed by atoms with Crippen LogP contribution < -0.4 is 5.73 Å². The molecule has 1 aromatic carbocycles. The van der Waals surface area contributed by atoms with Crippen molar-refractivity contribution in [2.75, 3.05) is 5.73 Å². The Labute approximate surface area is 73.0 Å². The van der Waals surface area contributed by atoms with Crippen LogP contribution in [0.1, 0.15) is 0 Å². The first-order valence-corrected chi connectivity index (χ1v) is 3.20. The van der Waals surface area contributed by atoms with Crippen LogP contribution in [0.4, 0.5) is 10.1 Å². The first-order valence-electron chi connectivity index (χ1n) is 2.40. The molecule has 0 radical (unpaired) electrons. The first-order chi connectivity index (χ1) is 4.20. The second-order valence-electron chi connectivity index (χ2n) is 1.67. The fourth-order valence-corrected chi connectivity index (χ4v) is 0.909. The number of benzene rings is 1. The number of halogens is 3. The van der Waals surface area contributed by atoms with Crippen molar-refractivity contribution < 1.29 is 4.39 Å². The second-order valence-corrected chi connectivity index (χ2v) is 2.53. The number of hydrogen-bond donors (Lipinski definition) is 1. The lowest BCUT2D eigenvalue weighted by atomic mass is 10.3. The summed E-state index contributed by atoms with van der Waals surface area (Å²) in [4.78, 5) is 0. The topological polar surface area (TPSA) is 26.0 Å². The van der Waals surface area contributed by atoms with Crippen molar-refractivity contribution in [3.8, 4) is 0 Å². The van der Waals surface area contributed by atoms with Crippen LogP contribution in [0, 0.1) is 5.82 Å². The Balaban J connectivity index is 0.000000810. The van der Waals surface area contributed by atoms with Crippen molar-refractivity contribution in [2.24, 2.45) is 0 Å². The Hall–Kier alpha value is -0.280. The molecule has 0 atom stereocenters. The molecule has 0 fully saturated rings. The molecule has 2 N–H and O–H groups in total. The van der Waals surface area contributed by atoms with Crippen LogP contribution in [0.2, 0.25) is 0 Å². The number of rotatable bonds is 0. The van der Waals surface area contributed by atoms with Crippen molar-refractivity contribution in [1.29, 1.82) is 0 Å². The molecule has 56 valence electrons. The molecular formula is C6H6BrClFN. The van der Waals surface area contributed by atoms with Crippen LogP contribution >= 0.6 is 28.3 Å². The molecule has 0 saturated carbocycles. The highest BCUT2D eigenvalue weighted by Gasteiger charge is 1.95. The maximum atomic E-state index is 12.4. The SMILES string of the molecule is Cl.Nc1ccc(F)c(Br)c1. The molecule has 0 spiro atoms. The molecule has 0 aliphatic heterocycles. The summed E-state index contributed by atoms with van der Waals surface area (Å²) in [5.74, 6) is -0.288. The van der Waals surface area contributed by atoms with E-state index in [1.165, 1.54) is 18.2 Å². The quantitative estimate of drug-likeness (QED) is 0.676. The molecule has 0 aliphatic carbocycles. The molecule has 1 aromatic rings. The summed E-state index contributed by atoms with van der Waals surface area (Å²) in [5, 5.41) is 0. The molecule has 0 heterocycles. The third-order valence-electron chi connectivity index (χ3n) is 0.944. The molecular weight excluding hydrogens is 220 g/mol. The van der Waals surface area contributed by atoms with E-state index in [0.29, 0.717) is 10.2 Å². The predicted molar refractivity (Wildman–Crippen MR) is 45.8 cm³/mol. The Morgan fingerprint density at radius 1 is 1.40 bits per heavy atom. The van der Waals surface area contributed by atoms with E-state index in [4.69, 9.17) is 5.73 Å². The van der Waals surface area contributed by atoms with Gasteiger partial charge in [0.2, 0.25) is 0 Å². The monoisotopic (exact) mass is 225 g/mol. The van der Waals surface area contributed by atoms with Gasteiger partial charge in [-0.25, -0.2) is 4.39 Å². The summed E-state index contributed by atoms with van der Waals surface area (Å²) < 4.78 is 12.8. The van der Waals surface area contributed by atoms with E-state index in [0.717, 1.165) is 0 Å². The minimum Gasteiger partial charge on any atom is -0.399 e. The Bertz CT molecular complexity index is 229. The standard InChI is InChI=1S/C6H5BrFN.ClH/c7-5-3-4(9)1-2-6(5)8;/h1-3H,9H2;1H. The van der Waals surface area contributed by atoms with Crippen molar-refractivity contribution in [3.05, 3.63) is 28.5 Å². The van der Waals surface area contributed by atoms with Gasteiger partial charge in [-0.15, -0.1) is 12.4 Å². The van der Waals surface area contributed by atoms with Gasteiger partial charge in [-0.1, -0.05) is 0 Å². The third kappa shape index (κ3) is 2.15. The lowest BCUT2D eigenvalue weighted by Gasteiger charge is -1.93. The van der Waals surface area contributed by atoms with Crippen LogP contribution in [0.3, 0.4) is 0 Å². The highest BCUT2D eigenvalue weighted by atomic mass is 79.9. The van der Waals surface area contributed by atoms with Crippen molar-refractivity contribution in [3.63, 3.8) is 0 Å². The summed E-state index contributed by atoms with van der Waals surface area (Å²) in [7, 11) is 0. The van der Waals surface area contributed by atoms with Gasteiger partial charge in [0.05, 0.1) is 4.47 Å². The second kappa shape index (κ2) is 3.78. The lowest BCUT2D eigenvalue weighted by Crippen LogP contribution is -1.84. The van der Waals surface area contributed by atoms with Gasteiger partial charge >= 0.3 is 0 Å². The van der Waals surface area contributed by atoms with Gasteiger partial charge in [-0.3, -0.25) is 0 Å². The Kier molecular flexibility index (Phi) is 3.68. The average molecular weight is 226 g/mol. The maximum Gasteiger partial charge on any atom is 0.137 e. The molecule has 0 amide bonds. The van der Waals surface area contributed by atoms with E-state index in [1.807, 2.05) is 0 Å². The van der Waals surface area contributed by atoms with Crippen LogP contribution in [0.5, 0.6) is 0 Å². The summed E-state index contributed by atoms with van der Waals surface area (Å²) in [5.41, 5.74) is 5.89. The van der Waals surface area contributed by atoms with E-state index in [2.05, 4.69) is 15.9 Å². The zero-order chi connectivity index (χ0) is 6.85. The van der Waals surface area contributed by atoms with Gasteiger partial charge in [-0.05, 0) is 34.1 Å². The molecule has 0 aromatic heterocycles. The van der Waals surface area contributed by atoms with Crippen LogP contribution in [-0.2, 0) is 0 Å². The largest absolute Gasteiger partial charge is 0.399 e. The van der Waals surface area contributed by atoms with E-state index in [1.54, 1.807) is 0 Å². The molecule has 10 heavy (non-hydrogen) atoms. The molecule has 0 saturated heterocycles. The molecule has 1 rings (SSSR count). The number of hydrogen-bond acceptors (Lipinski definition) is 1. The van der Waals surface area contributed by atoms with Crippen LogP contribution in [0.15, 0.2) is 22.7 Å². The van der Waals surface area contributed by atoms with Gasteiger partial charge in [-0.2, -0.15) is 0 Å². The molecule has 4 heteroatoms. The van der Waals surface area contributed by atoms with E-state index in [-0.39, 0.29) is 18.2 Å². The maximum absolute atomic E-state index is 12.4. The highest BCUT2D eigenvalue weighted by molar-refractivity contribution is 9.10. The summed E-state index contributed by atoms with van der Waals surface area (Å²) in [6.07, 6.45) is 0. The van der Waals surface area contributed by atoms with Crippen molar-refractivity contribution >= 4 is 34.0 Å². The van der Waals surface area contributed by atoms with Gasteiger partial charge in [0.15, 0.2) is 0 Å². The predicted octanol–water partition coefficient (Wildman–Crippen LogP) is 2.59. The number of anilines is 1. The van der Waals surface area contributed by atoms with E-state index < -0.39 is 0 Å². The summed E-state index contributed by atoms with van der Waals surface area (Å²) in [6, 6.07) is 4.36. The number of nitrogen functional groups attached to an aromatic ring is 1. The fraction of sp³-hybridized carbons (Fsp3) is 0. The van der Waals surface area contributed by atoms with Gasteiger partial charge in [0.25, 0.3) is 0 Å².